The van der Waals surface area contributed by atoms with E-state index in [2.05, 4.69) is 513 Å². The summed E-state index contributed by atoms with van der Waals surface area (Å²) in [6, 6.07) is 170. The second-order valence-corrected chi connectivity index (χ2v) is 42.4. The summed E-state index contributed by atoms with van der Waals surface area (Å²) in [5, 5.41) is 19.5. The van der Waals surface area contributed by atoms with Crippen LogP contribution in [0.1, 0.15) is 74.9 Å². The highest BCUT2D eigenvalue weighted by Gasteiger charge is 2.41. The Bertz CT molecular complexity index is 11000. The Hall–Kier alpha value is -18.8. The lowest BCUT2D eigenvalue weighted by molar-refractivity contribution is 0.661. The lowest BCUT2D eigenvalue weighted by Gasteiger charge is -2.22. The summed E-state index contributed by atoms with van der Waals surface area (Å²) in [4.78, 5) is 0. The monoisotopic (exact) mass is 1910 g/mol. The quantitative estimate of drug-likeness (QED) is 0.152. The van der Waals surface area contributed by atoms with E-state index in [0.29, 0.717) is 0 Å². The zero-order chi connectivity index (χ0) is 98.7. The lowest BCUT2D eigenvalue weighted by Crippen LogP contribution is -2.15. The van der Waals surface area contributed by atoms with Crippen LogP contribution in [0.15, 0.2) is 480 Å². The van der Waals surface area contributed by atoms with Gasteiger partial charge in [0.1, 0.15) is 22.3 Å². The summed E-state index contributed by atoms with van der Waals surface area (Å²) < 4.78 is 31.6. The van der Waals surface area contributed by atoms with Crippen LogP contribution in [0.4, 0.5) is 0 Å². The molecule has 0 atom stereocenters. The number of para-hydroxylation sites is 11. The van der Waals surface area contributed by atoms with Crippen LogP contribution in [0.5, 0.6) is 0 Å². The highest BCUT2D eigenvalue weighted by Crippen LogP contribution is 2.58. The van der Waals surface area contributed by atoms with E-state index in [4.69, 9.17) is 13.3 Å². The van der Waals surface area contributed by atoms with E-state index in [-0.39, 0.29) is 16.2 Å². The van der Waals surface area contributed by atoms with Gasteiger partial charge in [0.25, 0.3) is 0 Å². The minimum atomic E-state index is -0.108. The minimum absolute atomic E-state index is 0.0776. The van der Waals surface area contributed by atoms with Crippen molar-refractivity contribution in [1.82, 2.24) is 22.8 Å². The standard InChI is InChI=1S/C57H38N2O.C51H34N2O.C33H23NO/c1-57(2)49-20-9-6-15-41(49)45-34-54-48(33-50(45)57)47-32-37(36-25-29-52-46(31-36)42-16-7-10-21-51(42)58(52)38-13-4-3-5-14-38)26-30-53(47)59(54)39-27-23-35(24-28-39)40-18-12-19-44-43-17-8-11-22-55(43)60-56(40)44;1-51(2)42-19-9-6-15-34(42)38-30-48-41(29-43(38)51)40-28-32(24-26-46(40)53(48)47-21-12-18-37-36-17-8-11-22-49(36)54-50(37)47)31-23-25-45-39(27-31)35-16-7-10-20-44(35)52(45)33-13-4-3-5-14-33;1-33(2)25-14-6-3-10-20(25)22-18-19-27-30(31(22)33)24-12-4-7-15-26(24)34(27)28-16-9-13-23-21-11-5-8-17-29(21)35-32(23)28/h3-34H,1-2H3;3-30H,1-2H3;3-19H,1-2H3. The van der Waals surface area contributed by atoms with E-state index >= 15 is 0 Å². The Morgan fingerprint density at radius 1 is 0.161 bits per heavy atom. The lowest BCUT2D eigenvalue weighted by atomic mass is 9.80. The van der Waals surface area contributed by atoms with Gasteiger partial charge in [-0.25, -0.2) is 0 Å². The summed E-state index contributed by atoms with van der Waals surface area (Å²) in [5.74, 6) is 0. The molecule has 0 unspecified atom stereocenters. The molecule has 3 aliphatic carbocycles. The number of hydrogen-bond acceptors (Lipinski definition) is 3. The molecule has 22 aromatic carbocycles. The highest BCUT2D eigenvalue weighted by molar-refractivity contribution is 6.21. The van der Waals surface area contributed by atoms with Crippen molar-refractivity contribution in [2.75, 3.05) is 0 Å². The fourth-order valence-corrected chi connectivity index (χ4v) is 26.5. The van der Waals surface area contributed by atoms with Crippen LogP contribution >= 0.6 is 0 Å². The Morgan fingerprint density at radius 3 is 0.933 bits per heavy atom. The van der Waals surface area contributed by atoms with E-state index in [1.807, 2.05) is 18.2 Å². The van der Waals surface area contributed by atoms with E-state index in [0.717, 1.165) is 94.0 Å². The molecule has 0 aliphatic heterocycles. The smallest absolute Gasteiger partial charge is 0.159 e. The third kappa shape index (κ3) is 12.3. The van der Waals surface area contributed by atoms with Crippen molar-refractivity contribution in [3.63, 3.8) is 0 Å². The molecule has 702 valence electrons. The SMILES string of the molecule is CC1(C)c2ccccc2-c2cc3c(cc21)c1cc(-c2ccc4c(c2)c2ccccc2n4-c2ccccc2)ccc1n3-c1ccc(-c2cccc3c2oc2ccccc23)cc1.CC1(C)c2ccccc2-c2cc3c(cc21)c1cc(-c2ccc4c(c2)c2ccccc2n4-c2ccccc2)ccc1n3-c1cccc2c1oc1ccccc12.CC1(C)c2ccccc2-c2ccc3c(c21)c1ccccc1n3-c1cccc2c1oc1ccccc12. The van der Waals surface area contributed by atoms with E-state index in [9.17, 15) is 0 Å². The van der Waals surface area contributed by atoms with Crippen molar-refractivity contribution in [3.05, 3.63) is 500 Å². The van der Waals surface area contributed by atoms with Gasteiger partial charge in [-0.05, 0) is 258 Å². The van der Waals surface area contributed by atoms with Gasteiger partial charge in [0.15, 0.2) is 11.2 Å². The predicted octanol–water partition coefficient (Wildman–Crippen LogP) is 38.2. The van der Waals surface area contributed by atoms with Gasteiger partial charge in [0.05, 0.1) is 66.5 Å². The van der Waals surface area contributed by atoms with Crippen molar-refractivity contribution >= 4 is 175 Å². The fourth-order valence-electron chi connectivity index (χ4n) is 26.5. The zero-order valence-electron chi connectivity index (χ0n) is 82.9. The van der Waals surface area contributed by atoms with Crippen molar-refractivity contribution in [3.8, 4) is 95.2 Å². The molecule has 149 heavy (non-hydrogen) atoms. The molecule has 0 saturated carbocycles. The molecule has 0 fully saturated rings. The van der Waals surface area contributed by atoms with Crippen LogP contribution in [-0.4, -0.2) is 22.8 Å². The first-order valence-electron chi connectivity index (χ1n) is 51.8. The molecule has 0 amide bonds. The normalized spacial score (nSPS) is 13.6. The van der Waals surface area contributed by atoms with Crippen LogP contribution in [0.25, 0.3) is 270 Å². The number of aromatic nitrogens is 5. The summed E-state index contributed by atoms with van der Waals surface area (Å²) in [7, 11) is 0. The Kier molecular flexibility index (Phi) is 18.0. The first-order chi connectivity index (χ1) is 73.2. The number of nitrogens with zero attached hydrogens (tertiary/aromatic N) is 5. The summed E-state index contributed by atoms with van der Waals surface area (Å²) in [6.07, 6.45) is 0. The van der Waals surface area contributed by atoms with Gasteiger partial charge in [-0.2, -0.15) is 0 Å². The van der Waals surface area contributed by atoms with Crippen molar-refractivity contribution < 1.29 is 13.3 Å². The maximum absolute atomic E-state index is 6.67. The number of benzene rings is 22. The third-order valence-corrected chi connectivity index (χ3v) is 33.4. The maximum Gasteiger partial charge on any atom is 0.159 e. The van der Waals surface area contributed by atoms with Gasteiger partial charge in [0.2, 0.25) is 0 Å². The molecule has 0 bridgehead atoms. The van der Waals surface area contributed by atoms with Crippen molar-refractivity contribution in [2.45, 2.75) is 57.8 Å². The molecular weight excluding hydrogens is 1810 g/mol. The van der Waals surface area contributed by atoms with Crippen LogP contribution in [-0.2, 0) is 16.2 Å². The second kappa shape index (κ2) is 31.6. The molecule has 0 N–H and O–H groups in total. The second-order valence-electron chi connectivity index (χ2n) is 42.4. The van der Waals surface area contributed by atoms with Gasteiger partial charge < -0.3 is 36.1 Å². The minimum Gasteiger partial charge on any atom is -0.455 e. The molecule has 8 heteroatoms. The van der Waals surface area contributed by atoms with Crippen LogP contribution < -0.4 is 0 Å². The molecule has 3 aliphatic rings. The Morgan fingerprint density at radius 2 is 0.463 bits per heavy atom. The average Bonchev–Trinajstić information content (AvgIpc) is 1.54. The first-order valence-corrected chi connectivity index (χ1v) is 51.8. The molecule has 8 nitrogen and oxygen atoms in total. The van der Waals surface area contributed by atoms with Gasteiger partial charge in [-0.15, -0.1) is 0 Å². The number of furan rings is 3. The largest absolute Gasteiger partial charge is 0.455 e. The Balaban J connectivity index is 0.000000104. The number of rotatable bonds is 8. The molecule has 8 aromatic heterocycles. The molecule has 0 saturated heterocycles. The molecule has 30 aromatic rings. The summed E-state index contributed by atoms with van der Waals surface area (Å²) in [5.41, 5.74) is 46.2. The summed E-state index contributed by atoms with van der Waals surface area (Å²) >= 11 is 0. The maximum atomic E-state index is 6.67. The number of fused-ring (bicyclic) bond motifs is 34. The van der Waals surface area contributed by atoms with Gasteiger partial charge in [0, 0.05) is 125 Å². The van der Waals surface area contributed by atoms with E-state index in [1.54, 1.807) is 0 Å². The van der Waals surface area contributed by atoms with E-state index in [1.165, 1.54) is 209 Å². The molecule has 0 radical (unpaired) electrons. The van der Waals surface area contributed by atoms with Crippen LogP contribution in [0.3, 0.4) is 0 Å². The van der Waals surface area contributed by atoms with Crippen molar-refractivity contribution in [2.24, 2.45) is 0 Å². The van der Waals surface area contributed by atoms with Gasteiger partial charge in [-0.1, -0.05) is 345 Å². The first kappa shape index (κ1) is 84.7. The van der Waals surface area contributed by atoms with Gasteiger partial charge in [-0.3, -0.25) is 0 Å². The molecule has 8 heterocycles. The zero-order valence-corrected chi connectivity index (χ0v) is 82.9. The Labute approximate surface area is 858 Å². The van der Waals surface area contributed by atoms with Crippen LogP contribution in [0.2, 0.25) is 0 Å². The number of hydrogen-bond donors (Lipinski definition) is 0. The van der Waals surface area contributed by atoms with Gasteiger partial charge >= 0.3 is 0 Å². The highest BCUT2D eigenvalue weighted by atomic mass is 16.3. The van der Waals surface area contributed by atoms with Crippen molar-refractivity contribution in [1.29, 1.82) is 0 Å². The molecule has 0 spiro atoms. The fraction of sp³-hybridized carbons (Fsp3) is 0.0638. The summed E-state index contributed by atoms with van der Waals surface area (Å²) in [6.45, 7) is 14.2. The van der Waals surface area contributed by atoms with Crippen LogP contribution in [0, 0.1) is 0 Å². The average molecular weight is 1910 g/mol. The third-order valence-electron chi connectivity index (χ3n) is 33.4. The van der Waals surface area contributed by atoms with E-state index < -0.39 is 0 Å². The predicted molar refractivity (Wildman–Crippen MR) is 622 cm³/mol. The topological polar surface area (TPSA) is 64.1 Å². The molecular formula is C141H95N5O3. The molecule has 33 rings (SSSR count).